The highest BCUT2D eigenvalue weighted by Gasteiger charge is 2.15. The standard InChI is InChI=1S/C11H23N3O2/c1-9(12)7-11(15)13-10(2)8-14-3-5-16-6-4-14/h9-10H,3-8,12H2,1-2H3,(H,13,15). The van der Waals surface area contributed by atoms with Crippen LogP contribution in [0.2, 0.25) is 0 Å². The van der Waals surface area contributed by atoms with Gasteiger partial charge in [-0.3, -0.25) is 9.69 Å². The minimum Gasteiger partial charge on any atom is -0.379 e. The lowest BCUT2D eigenvalue weighted by Crippen LogP contribution is -2.46. The van der Waals surface area contributed by atoms with Gasteiger partial charge in [-0.25, -0.2) is 0 Å². The average molecular weight is 229 g/mol. The van der Waals surface area contributed by atoms with E-state index in [0.29, 0.717) is 6.42 Å². The van der Waals surface area contributed by atoms with Gasteiger partial charge in [0.15, 0.2) is 0 Å². The zero-order chi connectivity index (χ0) is 12.0. The largest absolute Gasteiger partial charge is 0.379 e. The first-order valence-corrected chi connectivity index (χ1v) is 5.93. The van der Waals surface area contributed by atoms with E-state index in [2.05, 4.69) is 10.2 Å². The van der Waals surface area contributed by atoms with Crippen molar-refractivity contribution in [2.75, 3.05) is 32.8 Å². The zero-order valence-corrected chi connectivity index (χ0v) is 10.2. The van der Waals surface area contributed by atoms with E-state index in [-0.39, 0.29) is 18.0 Å². The number of carbonyl (C=O) groups is 1. The average Bonchev–Trinajstić information content (AvgIpc) is 2.17. The van der Waals surface area contributed by atoms with Gasteiger partial charge in [0, 0.05) is 38.1 Å². The molecule has 0 aromatic heterocycles. The molecule has 2 atom stereocenters. The molecule has 1 amide bonds. The highest BCUT2D eigenvalue weighted by Crippen LogP contribution is 1.98. The van der Waals surface area contributed by atoms with Crippen molar-refractivity contribution in [1.29, 1.82) is 0 Å². The molecule has 0 spiro atoms. The maximum Gasteiger partial charge on any atom is 0.221 e. The van der Waals surface area contributed by atoms with Crippen LogP contribution >= 0.6 is 0 Å². The lowest BCUT2D eigenvalue weighted by molar-refractivity contribution is -0.122. The summed E-state index contributed by atoms with van der Waals surface area (Å²) in [6.07, 6.45) is 0.396. The predicted molar refractivity (Wildman–Crippen MR) is 63.1 cm³/mol. The third-order valence-corrected chi connectivity index (χ3v) is 2.55. The van der Waals surface area contributed by atoms with Crippen molar-refractivity contribution < 1.29 is 9.53 Å². The predicted octanol–water partition coefficient (Wildman–Crippen LogP) is -0.439. The van der Waals surface area contributed by atoms with E-state index in [4.69, 9.17) is 10.5 Å². The van der Waals surface area contributed by atoms with Crippen LogP contribution in [0.3, 0.4) is 0 Å². The number of rotatable bonds is 5. The number of nitrogens with zero attached hydrogens (tertiary/aromatic N) is 1. The molecule has 1 fully saturated rings. The minimum atomic E-state index is -0.0735. The number of amides is 1. The van der Waals surface area contributed by atoms with Gasteiger partial charge >= 0.3 is 0 Å². The van der Waals surface area contributed by atoms with Gasteiger partial charge < -0.3 is 15.8 Å². The van der Waals surface area contributed by atoms with Crippen molar-refractivity contribution in [2.24, 2.45) is 5.73 Å². The highest BCUT2D eigenvalue weighted by molar-refractivity contribution is 5.76. The molecule has 0 aliphatic carbocycles. The number of carbonyl (C=O) groups excluding carboxylic acids is 1. The number of nitrogens with two attached hydrogens (primary N) is 1. The first-order valence-electron chi connectivity index (χ1n) is 5.93. The summed E-state index contributed by atoms with van der Waals surface area (Å²) in [6, 6.07) is 0.0972. The Balaban J connectivity index is 2.18. The molecule has 3 N–H and O–H groups in total. The summed E-state index contributed by atoms with van der Waals surface area (Å²) < 4.78 is 5.27. The SMILES string of the molecule is CC(N)CC(=O)NC(C)CN1CCOCC1. The maximum absolute atomic E-state index is 11.5. The van der Waals surface area contributed by atoms with Crippen LogP contribution in [0.15, 0.2) is 0 Å². The van der Waals surface area contributed by atoms with Crippen LogP contribution in [-0.2, 0) is 9.53 Å². The van der Waals surface area contributed by atoms with Crippen molar-refractivity contribution in [2.45, 2.75) is 32.4 Å². The second kappa shape index (κ2) is 6.83. The van der Waals surface area contributed by atoms with Crippen molar-refractivity contribution in [3.8, 4) is 0 Å². The van der Waals surface area contributed by atoms with Gasteiger partial charge in [-0.05, 0) is 13.8 Å². The number of nitrogens with one attached hydrogen (secondary N) is 1. The van der Waals surface area contributed by atoms with Gasteiger partial charge in [-0.15, -0.1) is 0 Å². The molecule has 0 aromatic carbocycles. The van der Waals surface area contributed by atoms with Crippen LogP contribution in [0.1, 0.15) is 20.3 Å². The second-order valence-electron chi connectivity index (χ2n) is 4.56. The van der Waals surface area contributed by atoms with Gasteiger partial charge in [-0.2, -0.15) is 0 Å². The van der Waals surface area contributed by atoms with E-state index in [1.54, 1.807) is 0 Å². The lowest BCUT2D eigenvalue weighted by atomic mass is 10.2. The van der Waals surface area contributed by atoms with Gasteiger partial charge in [0.2, 0.25) is 5.91 Å². The molecule has 1 aliphatic rings. The fraction of sp³-hybridized carbons (Fsp3) is 0.909. The van der Waals surface area contributed by atoms with Gasteiger partial charge in [0.25, 0.3) is 0 Å². The van der Waals surface area contributed by atoms with E-state index >= 15 is 0 Å². The lowest BCUT2D eigenvalue weighted by Gasteiger charge is -2.29. The highest BCUT2D eigenvalue weighted by atomic mass is 16.5. The minimum absolute atomic E-state index is 0.0377. The van der Waals surface area contributed by atoms with Gasteiger partial charge in [0.1, 0.15) is 0 Å². The molecule has 94 valence electrons. The molecule has 1 saturated heterocycles. The molecular formula is C11H23N3O2. The Morgan fingerprint density at radius 1 is 1.44 bits per heavy atom. The van der Waals surface area contributed by atoms with E-state index in [1.807, 2.05) is 13.8 Å². The zero-order valence-electron chi connectivity index (χ0n) is 10.2. The maximum atomic E-state index is 11.5. The molecule has 1 heterocycles. The summed E-state index contributed by atoms with van der Waals surface area (Å²) >= 11 is 0. The van der Waals surface area contributed by atoms with Crippen LogP contribution in [0.5, 0.6) is 0 Å². The van der Waals surface area contributed by atoms with Crippen molar-refractivity contribution in [3.05, 3.63) is 0 Å². The quantitative estimate of drug-likeness (QED) is 0.671. The van der Waals surface area contributed by atoms with E-state index in [9.17, 15) is 4.79 Å². The number of morpholine rings is 1. The molecule has 5 nitrogen and oxygen atoms in total. The smallest absolute Gasteiger partial charge is 0.221 e. The van der Waals surface area contributed by atoms with E-state index in [0.717, 1.165) is 32.8 Å². The Labute approximate surface area is 97.3 Å². The summed E-state index contributed by atoms with van der Waals surface area (Å²) in [4.78, 5) is 13.8. The Bertz CT molecular complexity index is 215. The Kier molecular flexibility index (Phi) is 5.73. The monoisotopic (exact) mass is 229 g/mol. The molecular weight excluding hydrogens is 206 g/mol. The van der Waals surface area contributed by atoms with Crippen LogP contribution in [-0.4, -0.2) is 55.7 Å². The first kappa shape index (κ1) is 13.4. The fourth-order valence-corrected chi connectivity index (χ4v) is 1.84. The summed E-state index contributed by atoms with van der Waals surface area (Å²) in [5.74, 6) is 0.0377. The summed E-state index contributed by atoms with van der Waals surface area (Å²) in [6.45, 7) is 8.23. The van der Waals surface area contributed by atoms with Crippen LogP contribution < -0.4 is 11.1 Å². The normalized spacial score (nSPS) is 21.4. The second-order valence-corrected chi connectivity index (χ2v) is 4.56. The number of ether oxygens (including phenoxy) is 1. The fourth-order valence-electron chi connectivity index (χ4n) is 1.84. The summed E-state index contributed by atoms with van der Waals surface area (Å²) in [5.41, 5.74) is 5.57. The molecule has 5 heteroatoms. The molecule has 16 heavy (non-hydrogen) atoms. The third kappa shape index (κ3) is 5.44. The number of hydrogen-bond donors (Lipinski definition) is 2. The molecule has 0 radical (unpaired) electrons. The Morgan fingerprint density at radius 2 is 2.06 bits per heavy atom. The van der Waals surface area contributed by atoms with Gasteiger partial charge in [0.05, 0.1) is 13.2 Å². The van der Waals surface area contributed by atoms with Gasteiger partial charge in [-0.1, -0.05) is 0 Å². The topological polar surface area (TPSA) is 67.6 Å². The Hall–Kier alpha value is -0.650. The molecule has 2 unspecified atom stereocenters. The summed E-state index contributed by atoms with van der Waals surface area (Å²) in [5, 5.41) is 2.96. The van der Waals surface area contributed by atoms with Crippen molar-refractivity contribution in [3.63, 3.8) is 0 Å². The van der Waals surface area contributed by atoms with Crippen LogP contribution in [0.4, 0.5) is 0 Å². The van der Waals surface area contributed by atoms with Crippen LogP contribution in [0.25, 0.3) is 0 Å². The Morgan fingerprint density at radius 3 is 2.62 bits per heavy atom. The molecule has 1 aliphatic heterocycles. The van der Waals surface area contributed by atoms with Crippen molar-refractivity contribution in [1.82, 2.24) is 10.2 Å². The molecule has 1 rings (SSSR count). The third-order valence-electron chi connectivity index (χ3n) is 2.55. The van der Waals surface area contributed by atoms with Crippen LogP contribution in [0, 0.1) is 0 Å². The molecule has 0 aromatic rings. The van der Waals surface area contributed by atoms with E-state index in [1.165, 1.54) is 0 Å². The molecule has 0 saturated carbocycles. The first-order chi connectivity index (χ1) is 7.58. The van der Waals surface area contributed by atoms with Crippen molar-refractivity contribution >= 4 is 5.91 Å². The number of hydrogen-bond acceptors (Lipinski definition) is 4. The molecule has 0 bridgehead atoms. The van der Waals surface area contributed by atoms with E-state index < -0.39 is 0 Å². The summed E-state index contributed by atoms with van der Waals surface area (Å²) in [7, 11) is 0.